The lowest BCUT2D eigenvalue weighted by atomic mass is 9.94. The smallest absolute Gasteiger partial charge is 0.260 e. The van der Waals surface area contributed by atoms with Gasteiger partial charge in [0.05, 0.1) is 5.60 Å². The predicted molar refractivity (Wildman–Crippen MR) is 105 cm³/mol. The second kappa shape index (κ2) is 8.45. The molecule has 0 unspecified atom stereocenters. The van der Waals surface area contributed by atoms with E-state index in [-0.39, 0.29) is 22.9 Å². The molecular weight excluding hydrogens is 360 g/mol. The van der Waals surface area contributed by atoms with E-state index in [2.05, 4.69) is 9.88 Å². The molecule has 1 aromatic heterocycles. The van der Waals surface area contributed by atoms with E-state index >= 15 is 0 Å². The number of aryl methyl sites for hydroxylation is 1. The number of carbonyl (C=O) groups is 2. The van der Waals surface area contributed by atoms with E-state index in [0.717, 1.165) is 18.8 Å². The summed E-state index contributed by atoms with van der Waals surface area (Å²) in [7, 11) is 0. The second-order valence-electron chi connectivity index (χ2n) is 8.04. The Morgan fingerprint density at radius 3 is 2.43 bits per heavy atom. The third-order valence-electron chi connectivity index (χ3n) is 5.83. The van der Waals surface area contributed by atoms with Gasteiger partial charge in [-0.2, -0.15) is 0 Å². The molecule has 28 heavy (non-hydrogen) atoms. The molecule has 2 amide bonds. The highest BCUT2D eigenvalue weighted by Gasteiger charge is 2.34. The Balaban J connectivity index is 1.58. The van der Waals surface area contributed by atoms with Crippen molar-refractivity contribution in [3.8, 4) is 0 Å². The molecule has 154 valence electrons. The maximum Gasteiger partial charge on any atom is 0.260 e. The van der Waals surface area contributed by atoms with Crippen molar-refractivity contribution in [1.82, 2.24) is 19.7 Å². The number of aliphatic hydroxyl groups is 1. The first-order valence-electron chi connectivity index (χ1n) is 9.97. The Hall–Kier alpha value is -2.19. The third kappa shape index (κ3) is 4.80. The molecule has 3 rings (SSSR count). The maximum absolute atomic E-state index is 12.8. The molecule has 0 spiro atoms. The van der Waals surface area contributed by atoms with Gasteiger partial charge in [-0.25, -0.2) is 0 Å². The highest BCUT2D eigenvalue weighted by Crippen LogP contribution is 2.25. The minimum Gasteiger partial charge on any atom is -0.388 e. The molecule has 2 aliphatic heterocycles. The molecule has 2 saturated heterocycles. The van der Waals surface area contributed by atoms with Gasteiger partial charge < -0.3 is 19.9 Å². The van der Waals surface area contributed by atoms with Crippen LogP contribution in [0.5, 0.6) is 0 Å². The van der Waals surface area contributed by atoms with Crippen molar-refractivity contribution in [2.75, 3.05) is 45.8 Å². The van der Waals surface area contributed by atoms with Gasteiger partial charge in [-0.1, -0.05) is 0 Å². The van der Waals surface area contributed by atoms with Crippen molar-refractivity contribution in [3.63, 3.8) is 0 Å². The second-order valence-corrected chi connectivity index (χ2v) is 8.04. The summed E-state index contributed by atoms with van der Waals surface area (Å²) in [6.07, 6.45) is 1.79. The summed E-state index contributed by atoms with van der Waals surface area (Å²) in [6, 6.07) is 3.30. The van der Waals surface area contributed by atoms with Crippen LogP contribution in [0.4, 0.5) is 0 Å². The summed E-state index contributed by atoms with van der Waals surface area (Å²) in [5.41, 5.74) is -0.353. The van der Waals surface area contributed by atoms with Crippen LogP contribution >= 0.6 is 0 Å². The molecule has 0 radical (unpaired) electrons. The van der Waals surface area contributed by atoms with Crippen LogP contribution in [-0.2, 0) is 4.79 Å². The molecular formula is C20H30N4O4. The number of piperazine rings is 1. The van der Waals surface area contributed by atoms with Crippen LogP contribution in [-0.4, -0.2) is 88.0 Å². The molecule has 2 fully saturated rings. The Morgan fingerprint density at radius 1 is 1.07 bits per heavy atom. The Kier molecular flexibility index (Phi) is 6.20. The lowest BCUT2D eigenvalue weighted by Gasteiger charge is -2.39. The third-order valence-corrected chi connectivity index (χ3v) is 5.83. The van der Waals surface area contributed by atoms with E-state index in [9.17, 15) is 19.5 Å². The van der Waals surface area contributed by atoms with Crippen molar-refractivity contribution in [2.45, 2.75) is 38.7 Å². The van der Waals surface area contributed by atoms with Gasteiger partial charge in [0.1, 0.15) is 5.56 Å². The van der Waals surface area contributed by atoms with Crippen molar-refractivity contribution in [3.05, 3.63) is 33.7 Å². The predicted octanol–water partition coefficient (Wildman–Crippen LogP) is 0.205. The van der Waals surface area contributed by atoms with Gasteiger partial charge in [-0.15, -0.1) is 0 Å². The Morgan fingerprint density at radius 2 is 1.79 bits per heavy atom. The van der Waals surface area contributed by atoms with Crippen LogP contribution < -0.4 is 5.56 Å². The first-order valence-corrected chi connectivity index (χ1v) is 9.97. The number of amides is 2. The van der Waals surface area contributed by atoms with Gasteiger partial charge in [0.15, 0.2) is 0 Å². The van der Waals surface area contributed by atoms with E-state index in [4.69, 9.17) is 0 Å². The normalized spacial score (nSPS) is 24.1. The summed E-state index contributed by atoms with van der Waals surface area (Å²) >= 11 is 0. The van der Waals surface area contributed by atoms with Gasteiger partial charge in [-0.3, -0.25) is 19.3 Å². The lowest BCUT2D eigenvalue weighted by molar-refractivity contribution is -0.131. The first kappa shape index (κ1) is 20.5. The molecule has 0 saturated carbocycles. The fourth-order valence-electron chi connectivity index (χ4n) is 4.09. The number of carbonyl (C=O) groups excluding carboxylic acids is 2. The largest absolute Gasteiger partial charge is 0.388 e. The molecule has 0 bridgehead atoms. The standard InChI is InChI=1S/C20H30N4O4/c1-15-4-5-17(18(26)21-15)19(27)24-8-3-6-20(28,7-9-24)14-22-10-12-23(13-11-22)16(2)25/h4-5,28H,3,6-14H2,1-2H3,(H,21,26)/t20-/m1/s1. The van der Waals surface area contributed by atoms with E-state index in [1.165, 1.54) is 0 Å². The molecule has 0 aromatic carbocycles. The number of nitrogens with zero attached hydrogens (tertiary/aromatic N) is 3. The van der Waals surface area contributed by atoms with Gasteiger partial charge >= 0.3 is 0 Å². The lowest BCUT2D eigenvalue weighted by Crippen LogP contribution is -2.53. The van der Waals surface area contributed by atoms with Crippen LogP contribution in [0.2, 0.25) is 0 Å². The van der Waals surface area contributed by atoms with E-state index in [1.54, 1.807) is 30.9 Å². The number of β-amino-alcohol motifs (C(OH)–C–C–N with tert-alkyl or cyclic N) is 1. The van der Waals surface area contributed by atoms with E-state index in [1.807, 2.05) is 4.90 Å². The van der Waals surface area contributed by atoms with Crippen LogP contribution in [0.25, 0.3) is 0 Å². The van der Waals surface area contributed by atoms with Crippen molar-refractivity contribution >= 4 is 11.8 Å². The number of hydrogen-bond acceptors (Lipinski definition) is 5. The van der Waals surface area contributed by atoms with E-state index < -0.39 is 5.60 Å². The zero-order chi connectivity index (χ0) is 20.3. The number of nitrogens with one attached hydrogen (secondary N) is 1. The molecule has 8 nitrogen and oxygen atoms in total. The fraction of sp³-hybridized carbons (Fsp3) is 0.650. The van der Waals surface area contributed by atoms with Crippen LogP contribution in [0.3, 0.4) is 0 Å². The molecule has 2 aliphatic rings. The van der Waals surface area contributed by atoms with Gasteiger partial charge in [0.2, 0.25) is 5.91 Å². The number of aromatic nitrogens is 1. The summed E-state index contributed by atoms with van der Waals surface area (Å²) < 4.78 is 0. The maximum atomic E-state index is 12.8. The number of hydrogen-bond donors (Lipinski definition) is 2. The quantitative estimate of drug-likeness (QED) is 0.769. The van der Waals surface area contributed by atoms with Crippen LogP contribution in [0.1, 0.15) is 42.2 Å². The molecule has 8 heteroatoms. The van der Waals surface area contributed by atoms with Crippen molar-refractivity contribution < 1.29 is 14.7 Å². The number of likely N-dealkylation sites (tertiary alicyclic amines) is 1. The van der Waals surface area contributed by atoms with Gasteiger partial charge in [0, 0.05) is 58.4 Å². The summed E-state index contributed by atoms with van der Waals surface area (Å²) in [5.74, 6) is -0.186. The Bertz CT molecular complexity index is 785. The molecule has 0 aliphatic carbocycles. The number of pyridine rings is 1. The van der Waals surface area contributed by atoms with Crippen LogP contribution in [0, 0.1) is 6.92 Å². The summed E-state index contributed by atoms with van der Waals surface area (Å²) in [5, 5.41) is 11.1. The van der Waals surface area contributed by atoms with Crippen molar-refractivity contribution in [2.24, 2.45) is 0 Å². The number of H-pyrrole nitrogens is 1. The summed E-state index contributed by atoms with van der Waals surface area (Å²) in [4.78, 5) is 44.7. The monoisotopic (exact) mass is 390 g/mol. The van der Waals surface area contributed by atoms with Crippen molar-refractivity contribution in [1.29, 1.82) is 0 Å². The Labute approximate surface area is 165 Å². The van der Waals surface area contributed by atoms with Crippen LogP contribution in [0.15, 0.2) is 16.9 Å². The average Bonchev–Trinajstić information content (AvgIpc) is 2.83. The number of aromatic amines is 1. The summed E-state index contributed by atoms with van der Waals surface area (Å²) in [6.45, 7) is 7.75. The highest BCUT2D eigenvalue weighted by molar-refractivity contribution is 5.93. The van der Waals surface area contributed by atoms with Gasteiger partial charge in [0.25, 0.3) is 11.5 Å². The molecule has 1 atom stereocenters. The minimum absolute atomic E-state index is 0.0908. The zero-order valence-electron chi connectivity index (χ0n) is 16.7. The SMILES string of the molecule is CC(=O)N1CCN(C[C@@]2(O)CCCN(C(=O)c3ccc(C)[nH]c3=O)CC2)CC1. The highest BCUT2D eigenvalue weighted by atomic mass is 16.3. The molecule has 2 N–H and O–H groups in total. The molecule has 1 aromatic rings. The zero-order valence-corrected chi connectivity index (χ0v) is 16.7. The fourth-order valence-corrected chi connectivity index (χ4v) is 4.09. The van der Waals surface area contributed by atoms with Gasteiger partial charge in [-0.05, 0) is 38.3 Å². The molecule has 3 heterocycles. The first-order chi connectivity index (χ1) is 13.3. The average molecular weight is 390 g/mol. The topological polar surface area (TPSA) is 96.9 Å². The van der Waals surface area contributed by atoms with E-state index in [0.29, 0.717) is 52.0 Å². The minimum atomic E-state index is -0.854. The number of rotatable bonds is 3.